The van der Waals surface area contributed by atoms with Crippen LogP contribution in [0.15, 0.2) is 0 Å². The summed E-state index contributed by atoms with van der Waals surface area (Å²) in [5, 5.41) is 0. The molecular formula is C12H18Br4O3. The van der Waals surface area contributed by atoms with E-state index in [0.717, 1.165) is 0 Å². The molecule has 0 radical (unpaired) electrons. The standard InChI is InChI=1S/C12H18Br4O3/c1-5-19-10(18)9(7(2)17)11(3,4)8(13)6-12(14,15)16/h8-9H,5-6H2,1-4H3. The van der Waals surface area contributed by atoms with Gasteiger partial charge in [-0.05, 0) is 25.7 Å². The smallest absolute Gasteiger partial charge is 0.317 e. The number of Topliss-reactive ketones (excluding diaryl/α,β-unsaturated/α-hetero) is 1. The van der Waals surface area contributed by atoms with Gasteiger partial charge in [0.05, 0.1) is 6.61 Å². The van der Waals surface area contributed by atoms with E-state index in [1.807, 2.05) is 13.8 Å². The Labute approximate surface area is 148 Å². The van der Waals surface area contributed by atoms with Gasteiger partial charge >= 0.3 is 5.97 Å². The molecule has 2 atom stereocenters. The highest BCUT2D eigenvalue weighted by molar-refractivity contribution is 9.39. The molecule has 0 saturated heterocycles. The lowest BCUT2D eigenvalue weighted by Crippen LogP contribution is -2.43. The van der Waals surface area contributed by atoms with Gasteiger partial charge in [-0.2, -0.15) is 0 Å². The van der Waals surface area contributed by atoms with Gasteiger partial charge in [-0.3, -0.25) is 9.59 Å². The molecule has 0 aromatic heterocycles. The number of halogens is 4. The molecule has 0 aliphatic carbocycles. The molecule has 0 aliphatic heterocycles. The van der Waals surface area contributed by atoms with E-state index in [0.29, 0.717) is 6.42 Å². The van der Waals surface area contributed by atoms with E-state index in [-0.39, 0.29) is 17.2 Å². The van der Waals surface area contributed by atoms with Crippen LogP contribution in [0.5, 0.6) is 0 Å². The molecule has 0 amide bonds. The van der Waals surface area contributed by atoms with Crippen molar-refractivity contribution in [2.45, 2.75) is 41.1 Å². The van der Waals surface area contributed by atoms with Crippen molar-refractivity contribution >= 4 is 75.5 Å². The molecule has 0 aromatic rings. The number of carbonyl (C=O) groups is 2. The van der Waals surface area contributed by atoms with E-state index in [2.05, 4.69) is 63.7 Å². The molecule has 2 unspecified atom stereocenters. The highest BCUT2D eigenvalue weighted by Crippen LogP contribution is 2.46. The van der Waals surface area contributed by atoms with Crippen molar-refractivity contribution in [1.29, 1.82) is 0 Å². The van der Waals surface area contributed by atoms with Crippen molar-refractivity contribution in [2.24, 2.45) is 11.3 Å². The van der Waals surface area contributed by atoms with Crippen LogP contribution in [0, 0.1) is 11.3 Å². The van der Waals surface area contributed by atoms with Crippen molar-refractivity contribution < 1.29 is 14.3 Å². The van der Waals surface area contributed by atoms with E-state index in [9.17, 15) is 9.59 Å². The largest absolute Gasteiger partial charge is 0.465 e. The second kappa shape index (κ2) is 7.90. The lowest BCUT2D eigenvalue weighted by molar-refractivity contribution is -0.156. The number of ether oxygens (including phenoxy) is 1. The summed E-state index contributed by atoms with van der Waals surface area (Å²) < 4.78 is 4.58. The normalized spacial score (nSPS) is 15.8. The first-order chi connectivity index (χ1) is 8.43. The second-order valence-electron chi connectivity index (χ2n) is 4.90. The first-order valence-corrected chi connectivity index (χ1v) is 9.10. The van der Waals surface area contributed by atoms with E-state index >= 15 is 0 Å². The van der Waals surface area contributed by atoms with Crippen molar-refractivity contribution in [2.75, 3.05) is 6.61 Å². The van der Waals surface area contributed by atoms with Crippen LogP contribution in [-0.4, -0.2) is 25.3 Å². The average molecular weight is 530 g/mol. The molecule has 0 aromatic carbocycles. The minimum atomic E-state index is -0.785. The first-order valence-electron chi connectivity index (χ1n) is 5.81. The topological polar surface area (TPSA) is 43.4 Å². The predicted molar refractivity (Wildman–Crippen MR) is 91.4 cm³/mol. The summed E-state index contributed by atoms with van der Waals surface area (Å²) >= 11 is 13.9. The maximum atomic E-state index is 12.0. The van der Waals surface area contributed by atoms with Crippen molar-refractivity contribution in [3.05, 3.63) is 0 Å². The van der Waals surface area contributed by atoms with Gasteiger partial charge in [0.15, 0.2) is 0 Å². The van der Waals surface area contributed by atoms with E-state index in [1.54, 1.807) is 6.92 Å². The van der Waals surface area contributed by atoms with Crippen LogP contribution in [0.3, 0.4) is 0 Å². The van der Waals surface area contributed by atoms with Crippen LogP contribution in [-0.2, 0) is 14.3 Å². The highest BCUT2D eigenvalue weighted by atomic mass is 80.0. The van der Waals surface area contributed by atoms with Gasteiger partial charge < -0.3 is 4.74 Å². The number of ketones is 1. The Hall–Kier alpha value is 1.06. The summed E-state index contributed by atoms with van der Waals surface area (Å²) in [6.07, 6.45) is 0.628. The van der Waals surface area contributed by atoms with E-state index in [1.165, 1.54) is 6.92 Å². The van der Waals surface area contributed by atoms with Crippen LogP contribution in [0.1, 0.15) is 34.1 Å². The molecular weight excluding hydrogens is 512 g/mol. The Kier molecular flexibility index (Phi) is 8.34. The predicted octanol–water partition coefficient (Wildman–Crippen LogP) is 4.77. The van der Waals surface area contributed by atoms with Crippen molar-refractivity contribution in [3.63, 3.8) is 0 Å². The Morgan fingerprint density at radius 2 is 1.68 bits per heavy atom. The average Bonchev–Trinajstić information content (AvgIpc) is 2.13. The Morgan fingerprint density at radius 1 is 1.21 bits per heavy atom. The molecule has 0 N–H and O–H groups in total. The highest BCUT2D eigenvalue weighted by Gasteiger charge is 2.45. The Balaban J connectivity index is 5.19. The first kappa shape index (κ1) is 20.1. The van der Waals surface area contributed by atoms with Gasteiger partial charge in [0.1, 0.15) is 13.8 Å². The van der Waals surface area contributed by atoms with Gasteiger partial charge in [-0.1, -0.05) is 77.6 Å². The minimum absolute atomic E-state index is 0.0727. The third kappa shape index (κ3) is 6.57. The number of hydrogen-bond donors (Lipinski definition) is 0. The third-order valence-electron chi connectivity index (χ3n) is 2.89. The summed E-state index contributed by atoms with van der Waals surface area (Å²) in [4.78, 5) is 23.7. The van der Waals surface area contributed by atoms with Crippen LogP contribution >= 0.6 is 63.7 Å². The Morgan fingerprint density at radius 3 is 2.00 bits per heavy atom. The molecule has 7 heteroatoms. The lowest BCUT2D eigenvalue weighted by atomic mass is 9.73. The SMILES string of the molecule is CCOC(=O)C(C(C)=O)C(C)(C)C(Br)CC(Br)(Br)Br. The zero-order chi connectivity index (χ0) is 15.4. The van der Waals surface area contributed by atoms with Crippen molar-refractivity contribution in [1.82, 2.24) is 0 Å². The number of alkyl halides is 4. The summed E-state index contributed by atoms with van der Waals surface area (Å²) in [7, 11) is 0. The molecule has 19 heavy (non-hydrogen) atoms. The van der Waals surface area contributed by atoms with Gasteiger partial charge in [0, 0.05) is 4.83 Å². The molecule has 112 valence electrons. The molecule has 0 rings (SSSR count). The zero-order valence-electron chi connectivity index (χ0n) is 11.3. The summed E-state index contributed by atoms with van der Waals surface area (Å²) in [5.74, 6) is -1.43. The molecule has 3 nitrogen and oxygen atoms in total. The molecule has 0 saturated carbocycles. The zero-order valence-corrected chi connectivity index (χ0v) is 17.6. The van der Waals surface area contributed by atoms with Crippen LogP contribution in [0.4, 0.5) is 0 Å². The monoisotopic (exact) mass is 526 g/mol. The van der Waals surface area contributed by atoms with E-state index in [4.69, 9.17) is 4.74 Å². The van der Waals surface area contributed by atoms with E-state index < -0.39 is 19.4 Å². The summed E-state index contributed by atoms with van der Waals surface area (Å²) in [5.41, 5.74) is -0.571. The van der Waals surface area contributed by atoms with Crippen LogP contribution in [0.25, 0.3) is 0 Å². The van der Waals surface area contributed by atoms with Gasteiger partial charge in [0.2, 0.25) is 0 Å². The number of hydrogen-bond acceptors (Lipinski definition) is 3. The lowest BCUT2D eigenvalue weighted by Gasteiger charge is -2.37. The molecule has 0 aliphatic rings. The Bertz CT molecular complexity index is 336. The minimum Gasteiger partial charge on any atom is -0.465 e. The number of carbonyl (C=O) groups excluding carboxylic acids is 2. The molecule has 0 fully saturated rings. The summed E-state index contributed by atoms with van der Waals surface area (Å²) in [6, 6.07) is 0. The number of esters is 1. The van der Waals surface area contributed by atoms with Crippen molar-refractivity contribution in [3.8, 4) is 0 Å². The molecule has 0 heterocycles. The molecule has 0 bridgehead atoms. The van der Waals surface area contributed by atoms with Crippen LogP contribution in [0.2, 0.25) is 0 Å². The van der Waals surface area contributed by atoms with Gasteiger partial charge in [-0.15, -0.1) is 0 Å². The maximum absolute atomic E-state index is 12.0. The quantitative estimate of drug-likeness (QED) is 0.283. The fraction of sp³-hybridized carbons (Fsp3) is 0.833. The maximum Gasteiger partial charge on any atom is 0.317 e. The fourth-order valence-corrected chi connectivity index (χ4v) is 4.89. The fourth-order valence-electron chi connectivity index (χ4n) is 1.87. The third-order valence-corrected chi connectivity index (χ3v) is 5.37. The van der Waals surface area contributed by atoms with Gasteiger partial charge in [-0.25, -0.2) is 0 Å². The molecule has 0 spiro atoms. The van der Waals surface area contributed by atoms with Gasteiger partial charge in [0.25, 0.3) is 0 Å². The van der Waals surface area contributed by atoms with Crippen LogP contribution < -0.4 is 0 Å². The number of rotatable bonds is 6. The summed E-state index contributed by atoms with van der Waals surface area (Å²) in [6.45, 7) is 7.19. The second-order valence-corrected chi connectivity index (χ2v) is 13.3.